The van der Waals surface area contributed by atoms with Gasteiger partial charge in [0.25, 0.3) is 0 Å². The van der Waals surface area contributed by atoms with Crippen LogP contribution >= 0.6 is 0 Å². The minimum atomic E-state index is -0.719. The van der Waals surface area contributed by atoms with Crippen LogP contribution in [0.2, 0.25) is 0 Å². The minimum absolute atomic E-state index is 0.0894. The van der Waals surface area contributed by atoms with Gasteiger partial charge >= 0.3 is 18.0 Å². The van der Waals surface area contributed by atoms with Gasteiger partial charge in [-0.25, -0.2) is 14.4 Å². The molecule has 0 aromatic heterocycles. The first-order chi connectivity index (χ1) is 13.9. The highest BCUT2D eigenvalue weighted by Gasteiger charge is 2.36. The molecule has 29 heavy (non-hydrogen) atoms. The van der Waals surface area contributed by atoms with Gasteiger partial charge in [0, 0.05) is 19.9 Å². The number of carbonyl (C=O) groups is 3. The Morgan fingerprint density at radius 3 is 2.24 bits per heavy atom. The Morgan fingerprint density at radius 1 is 1.00 bits per heavy atom. The summed E-state index contributed by atoms with van der Waals surface area (Å²) in [5.74, 6) is -1.02. The summed E-state index contributed by atoms with van der Waals surface area (Å²) in [5, 5.41) is 2.83. The zero-order valence-corrected chi connectivity index (χ0v) is 17.0. The zero-order valence-electron chi connectivity index (χ0n) is 17.0. The summed E-state index contributed by atoms with van der Waals surface area (Å²) in [6.45, 7) is 2.64. The number of urea groups is 1. The lowest BCUT2D eigenvalue weighted by molar-refractivity contribution is -0.140. The molecule has 0 radical (unpaired) electrons. The van der Waals surface area contributed by atoms with Gasteiger partial charge in [0.2, 0.25) is 0 Å². The van der Waals surface area contributed by atoms with Crippen molar-refractivity contribution in [1.29, 1.82) is 0 Å². The Bertz CT molecular complexity index is 774. The summed E-state index contributed by atoms with van der Waals surface area (Å²) in [5.41, 5.74) is 1.79. The molecule has 0 fully saturated rings. The quantitative estimate of drug-likeness (QED) is 0.491. The number of hydrogen-bond donors (Lipinski definition) is 1. The maximum Gasteiger partial charge on any atom is 0.338 e. The van der Waals surface area contributed by atoms with Gasteiger partial charge in [-0.05, 0) is 24.6 Å². The van der Waals surface area contributed by atoms with E-state index in [0.29, 0.717) is 29.0 Å². The van der Waals surface area contributed by atoms with Crippen LogP contribution in [0.25, 0.3) is 0 Å². The second-order valence-corrected chi connectivity index (χ2v) is 6.27. The SMILES string of the molecule is COCCOC(=O)C1=C(C)N(CCOC)C(=O)N[C@@H]1c1ccc(C(=O)OC)cc1. The van der Waals surface area contributed by atoms with Crippen LogP contribution in [-0.4, -0.2) is 70.6 Å². The van der Waals surface area contributed by atoms with E-state index in [2.05, 4.69) is 5.32 Å². The van der Waals surface area contributed by atoms with E-state index in [0.717, 1.165) is 0 Å². The molecule has 0 aliphatic carbocycles. The molecule has 1 atom stereocenters. The van der Waals surface area contributed by atoms with Crippen LogP contribution in [0.5, 0.6) is 0 Å². The van der Waals surface area contributed by atoms with Crippen molar-refractivity contribution >= 4 is 18.0 Å². The van der Waals surface area contributed by atoms with Crippen molar-refractivity contribution in [2.45, 2.75) is 13.0 Å². The van der Waals surface area contributed by atoms with E-state index < -0.39 is 18.0 Å². The second kappa shape index (κ2) is 10.6. The Hall–Kier alpha value is -2.91. The highest BCUT2D eigenvalue weighted by molar-refractivity contribution is 5.95. The molecule has 9 heteroatoms. The van der Waals surface area contributed by atoms with Crippen LogP contribution in [0.3, 0.4) is 0 Å². The molecular weight excluding hydrogens is 380 g/mol. The van der Waals surface area contributed by atoms with Crippen molar-refractivity contribution in [2.75, 3.05) is 47.7 Å². The third-order valence-electron chi connectivity index (χ3n) is 4.52. The van der Waals surface area contributed by atoms with Crippen LogP contribution in [0, 0.1) is 0 Å². The Morgan fingerprint density at radius 2 is 1.66 bits per heavy atom. The third-order valence-corrected chi connectivity index (χ3v) is 4.52. The first kappa shape index (κ1) is 22.4. The normalized spacial score (nSPS) is 16.5. The molecule has 9 nitrogen and oxygen atoms in total. The fourth-order valence-electron chi connectivity index (χ4n) is 2.97. The standard InChI is InChI=1S/C20H26N2O7/c1-13-16(19(24)29-12-11-27-3)17(21-20(25)22(13)9-10-26-2)14-5-7-15(8-6-14)18(23)28-4/h5-8,17H,9-12H2,1-4H3,(H,21,25)/t17-/m1/s1. The first-order valence-electron chi connectivity index (χ1n) is 9.06. The lowest BCUT2D eigenvalue weighted by Crippen LogP contribution is -2.49. The lowest BCUT2D eigenvalue weighted by atomic mass is 9.94. The number of nitrogens with one attached hydrogen (secondary N) is 1. The molecule has 1 aliphatic rings. The number of nitrogens with zero attached hydrogens (tertiary/aromatic N) is 1. The van der Waals surface area contributed by atoms with Gasteiger partial charge in [-0.3, -0.25) is 4.90 Å². The van der Waals surface area contributed by atoms with Crippen molar-refractivity contribution < 1.29 is 33.3 Å². The van der Waals surface area contributed by atoms with Gasteiger partial charge in [-0.2, -0.15) is 0 Å². The van der Waals surface area contributed by atoms with Crippen LogP contribution in [-0.2, 0) is 23.7 Å². The molecule has 0 unspecified atom stereocenters. The predicted molar refractivity (Wildman–Crippen MR) is 103 cm³/mol. The fraction of sp³-hybridized carbons (Fsp3) is 0.450. The topological polar surface area (TPSA) is 103 Å². The monoisotopic (exact) mass is 406 g/mol. The lowest BCUT2D eigenvalue weighted by Gasteiger charge is -2.35. The molecule has 1 aliphatic heterocycles. The third kappa shape index (κ3) is 5.33. The minimum Gasteiger partial charge on any atom is -0.465 e. The number of allylic oxidation sites excluding steroid dienone is 1. The molecule has 0 saturated heterocycles. The number of carbonyl (C=O) groups excluding carboxylic acids is 3. The Labute approximate surface area is 169 Å². The van der Waals surface area contributed by atoms with Crippen molar-refractivity contribution in [3.8, 4) is 0 Å². The summed E-state index contributed by atoms with van der Waals surface area (Å²) < 4.78 is 20.0. The van der Waals surface area contributed by atoms with Gasteiger partial charge in [0.05, 0.1) is 44.0 Å². The number of benzene rings is 1. The summed E-state index contributed by atoms with van der Waals surface area (Å²) in [4.78, 5) is 38.5. The van der Waals surface area contributed by atoms with E-state index in [1.54, 1.807) is 31.2 Å². The Balaban J connectivity index is 2.39. The summed E-state index contributed by atoms with van der Waals surface area (Å²) in [7, 11) is 4.34. The zero-order chi connectivity index (χ0) is 21.4. The molecule has 158 valence electrons. The highest BCUT2D eigenvalue weighted by atomic mass is 16.6. The maximum atomic E-state index is 12.8. The Kier molecular flexibility index (Phi) is 8.17. The number of hydrogen-bond acceptors (Lipinski definition) is 7. The largest absolute Gasteiger partial charge is 0.465 e. The average Bonchev–Trinajstić information content (AvgIpc) is 2.72. The molecule has 0 bridgehead atoms. The van der Waals surface area contributed by atoms with Crippen LogP contribution < -0.4 is 5.32 Å². The van der Waals surface area contributed by atoms with Gasteiger partial charge in [0.15, 0.2) is 0 Å². The van der Waals surface area contributed by atoms with Crippen LogP contribution in [0.1, 0.15) is 28.9 Å². The summed E-state index contributed by atoms with van der Waals surface area (Å²) >= 11 is 0. The number of amides is 2. The van der Waals surface area contributed by atoms with Crippen molar-refractivity contribution in [3.63, 3.8) is 0 Å². The number of methoxy groups -OCH3 is 3. The molecule has 2 rings (SSSR count). The molecule has 0 saturated carbocycles. The highest BCUT2D eigenvalue weighted by Crippen LogP contribution is 2.31. The summed E-state index contributed by atoms with van der Waals surface area (Å²) in [6, 6.07) is 5.41. The summed E-state index contributed by atoms with van der Waals surface area (Å²) in [6.07, 6.45) is 0. The molecule has 1 heterocycles. The van der Waals surface area contributed by atoms with E-state index in [1.807, 2.05) is 0 Å². The van der Waals surface area contributed by atoms with Crippen LogP contribution in [0.15, 0.2) is 35.5 Å². The fourth-order valence-corrected chi connectivity index (χ4v) is 2.97. The smallest absolute Gasteiger partial charge is 0.338 e. The van der Waals surface area contributed by atoms with Gasteiger partial charge in [-0.15, -0.1) is 0 Å². The number of ether oxygens (including phenoxy) is 4. The van der Waals surface area contributed by atoms with Gasteiger partial charge in [-0.1, -0.05) is 12.1 Å². The molecule has 1 aromatic carbocycles. The number of esters is 2. The first-order valence-corrected chi connectivity index (χ1v) is 9.06. The van der Waals surface area contributed by atoms with E-state index in [4.69, 9.17) is 18.9 Å². The van der Waals surface area contributed by atoms with Crippen LogP contribution in [0.4, 0.5) is 4.79 Å². The average molecular weight is 406 g/mol. The van der Waals surface area contributed by atoms with Gasteiger partial charge < -0.3 is 24.3 Å². The second-order valence-electron chi connectivity index (χ2n) is 6.27. The van der Waals surface area contributed by atoms with Crippen molar-refractivity contribution in [1.82, 2.24) is 10.2 Å². The molecular formula is C20H26N2O7. The van der Waals surface area contributed by atoms with E-state index in [9.17, 15) is 14.4 Å². The molecule has 2 amide bonds. The van der Waals surface area contributed by atoms with Crippen molar-refractivity contribution in [2.24, 2.45) is 0 Å². The van der Waals surface area contributed by atoms with E-state index in [-0.39, 0.29) is 25.8 Å². The van der Waals surface area contributed by atoms with E-state index >= 15 is 0 Å². The molecule has 1 aromatic rings. The maximum absolute atomic E-state index is 12.8. The predicted octanol–water partition coefficient (Wildman–Crippen LogP) is 1.65. The molecule has 0 spiro atoms. The van der Waals surface area contributed by atoms with Gasteiger partial charge in [0.1, 0.15) is 6.61 Å². The van der Waals surface area contributed by atoms with Crippen molar-refractivity contribution in [3.05, 3.63) is 46.7 Å². The van der Waals surface area contributed by atoms with E-state index in [1.165, 1.54) is 26.2 Å². The number of rotatable bonds is 9. The molecule has 1 N–H and O–H groups in total.